The highest BCUT2D eigenvalue weighted by atomic mass is 19.1. The zero-order valence-corrected chi connectivity index (χ0v) is 18.9. The lowest BCUT2D eigenvalue weighted by atomic mass is 9.98. The minimum atomic E-state index is -0.365. The second-order valence-electron chi connectivity index (χ2n) is 8.85. The number of halogens is 1. The zero-order valence-electron chi connectivity index (χ0n) is 18.9. The molecule has 0 amide bonds. The van der Waals surface area contributed by atoms with Crippen LogP contribution in [0.25, 0.3) is 10.9 Å². The molecule has 1 fully saturated rings. The Morgan fingerprint density at radius 2 is 1.82 bits per heavy atom. The number of H-pyrrole nitrogens is 1. The van der Waals surface area contributed by atoms with E-state index in [0.717, 1.165) is 53.5 Å². The van der Waals surface area contributed by atoms with E-state index in [1.54, 1.807) is 16.8 Å². The largest absolute Gasteiger partial charge is 0.321 e. The van der Waals surface area contributed by atoms with E-state index in [0.29, 0.717) is 17.9 Å². The van der Waals surface area contributed by atoms with Crippen LogP contribution in [0.5, 0.6) is 0 Å². The highest BCUT2D eigenvalue weighted by Crippen LogP contribution is 2.30. The van der Waals surface area contributed by atoms with Gasteiger partial charge in [0.05, 0.1) is 12.1 Å². The van der Waals surface area contributed by atoms with Crippen molar-refractivity contribution in [3.63, 3.8) is 0 Å². The third-order valence-electron chi connectivity index (χ3n) is 6.68. The Morgan fingerprint density at radius 1 is 1.06 bits per heavy atom. The summed E-state index contributed by atoms with van der Waals surface area (Å²) in [4.78, 5) is 18.8. The van der Waals surface area contributed by atoms with Crippen molar-refractivity contribution in [2.45, 2.75) is 45.7 Å². The second-order valence-corrected chi connectivity index (χ2v) is 8.85. The highest BCUT2D eigenvalue weighted by Gasteiger charge is 2.31. The van der Waals surface area contributed by atoms with Crippen molar-refractivity contribution in [2.75, 3.05) is 13.1 Å². The van der Waals surface area contributed by atoms with Crippen LogP contribution >= 0.6 is 0 Å². The van der Waals surface area contributed by atoms with E-state index in [2.05, 4.69) is 31.5 Å². The van der Waals surface area contributed by atoms with Gasteiger partial charge in [0, 0.05) is 5.56 Å². The molecule has 33 heavy (non-hydrogen) atoms. The van der Waals surface area contributed by atoms with Gasteiger partial charge in [-0.1, -0.05) is 30.7 Å². The number of piperidine rings is 1. The summed E-state index contributed by atoms with van der Waals surface area (Å²) in [6.07, 6.45) is 3.32. The lowest BCUT2D eigenvalue weighted by Gasteiger charge is -2.33. The number of nitrogens with one attached hydrogen (secondary N) is 1. The molecule has 1 aliphatic rings. The van der Waals surface area contributed by atoms with Crippen LogP contribution in [-0.4, -0.2) is 43.2 Å². The van der Waals surface area contributed by atoms with Crippen molar-refractivity contribution in [3.05, 3.63) is 86.7 Å². The van der Waals surface area contributed by atoms with Crippen molar-refractivity contribution >= 4 is 10.9 Å². The van der Waals surface area contributed by atoms with Gasteiger partial charge in [0.15, 0.2) is 5.82 Å². The van der Waals surface area contributed by atoms with Gasteiger partial charge < -0.3 is 4.98 Å². The summed E-state index contributed by atoms with van der Waals surface area (Å²) in [5, 5.41) is 13.5. The maximum absolute atomic E-state index is 13.4. The Labute approximate surface area is 191 Å². The number of fused-ring (bicyclic) bond motifs is 1. The summed E-state index contributed by atoms with van der Waals surface area (Å²) in [5.74, 6) is 0.338. The third kappa shape index (κ3) is 4.18. The molecule has 1 atom stereocenters. The maximum atomic E-state index is 13.4. The molecular weight excluding hydrogens is 419 g/mol. The van der Waals surface area contributed by atoms with Crippen molar-refractivity contribution in [1.82, 2.24) is 30.1 Å². The van der Waals surface area contributed by atoms with E-state index in [1.807, 2.05) is 26.0 Å². The molecule has 7 nitrogen and oxygen atoms in total. The fourth-order valence-corrected chi connectivity index (χ4v) is 4.70. The van der Waals surface area contributed by atoms with Crippen LogP contribution in [0.15, 0.2) is 47.3 Å². The fourth-order valence-electron chi connectivity index (χ4n) is 4.70. The molecule has 170 valence electrons. The molecular formula is C25H27FN6O. The van der Waals surface area contributed by atoms with Gasteiger partial charge >= 0.3 is 0 Å². The van der Waals surface area contributed by atoms with Gasteiger partial charge in [0.2, 0.25) is 0 Å². The number of hydrogen-bond donors (Lipinski definition) is 1. The topological polar surface area (TPSA) is 79.7 Å². The lowest BCUT2D eigenvalue weighted by Crippen LogP contribution is -2.38. The van der Waals surface area contributed by atoms with E-state index >= 15 is 0 Å². The number of tetrazole rings is 1. The van der Waals surface area contributed by atoms with Crippen molar-refractivity contribution in [2.24, 2.45) is 0 Å². The first-order chi connectivity index (χ1) is 16.0. The molecule has 1 N–H and O–H groups in total. The zero-order chi connectivity index (χ0) is 22.9. The molecule has 2 aromatic carbocycles. The number of hydrogen-bond acceptors (Lipinski definition) is 5. The van der Waals surface area contributed by atoms with E-state index in [-0.39, 0.29) is 17.4 Å². The highest BCUT2D eigenvalue weighted by molar-refractivity contribution is 5.83. The van der Waals surface area contributed by atoms with E-state index in [9.17, 15) is 9.18 Å². The van der Waals surface area contributed by atoms with Gasteiger partial charge in [-0.05, 0) is 90.5 Å². The van der Waals surface area contributed by atoms with Crippen LogP contribution < -0.4 is 5.56 Å². The number of aromatic amines is 1. The third-order valence-corrected chi connectivity index (χ3v) is 6.68. The standard InChI is InChI=1S/C25H27FN6O/c1-16-6-9-19-14-21(25(33)27-22(19)17(16)2)23(31-12-4-3-5-13-31)24-28-29-30-32(24)15-18-7-10-20(26)11-8-18/h6-11,14,23H,3-5,12-13,15H2,1-2H3,(H,27,33)/t23-/m0/s1. The Balaban J connectivity index is 1.62. The van der Waals surface area contributed by atoms with Crippen LogP contribution in [0, 0.1) is 19.7 Å². The van der Waals surface area contributed by atoms with Crippen LogP contribution in [0.2, 0.25) is 0 Å². The van der Waals surface area contributed by atoms with Crippen LogP contribution in [0.1, 0.15) is 53.4 Å². The van der Waals surface area contributed by atoms with Crippen LogP contribution in [0.4, 0.5) is 4.39 Å². The SMILES string of the molecule is Cc1ccc2cc([C@@H](c3nnnn3Cc3ccc(F)cc3)N3CCCCC3)c(=O)[nH]c2c1C. The summed E-state index contributed by atoms with van der Waals surface area (Å²) in [6.45, 7) is 6.22. The summed E-state index contributed by atoms with van der Waals surface area (Å²) >= 11 is 0. The summed E-state index contributed by atoms with van der Waals surface area (Å²) in [5.41, 5.74) is 4.49. The fraction of sp³-hybridized carbons (Fsp3) is 0.360. The Hall–Kier alpha value is -3.39. The van der Waals surface area contributed by atoms with E-state index in [4.69, 9.17) is 0 Å². The maximum Gasteiger partial charge on any atom is 0.253 e. The molecule has 0 saturated carbocycles. The molecule has 5 rings (SSSR count). The van der Waals surface area contributed by atoms with Gasteiger partial charge in [-0.3, -0.25) is 9.69 Å². The normalized spacial score (nSPS) is 15.7. The molecule has 4 aromatic rings. The summed E-state index contributed by atoms with van der Waals surface area (Å²) in [7, 11) is 0. The lowest BCUT2D eigenvalue weighted by molar-refractivity contribution is 0.177. The minimum absolute atomic E-state index is 0.122. The first kappa shape index (κ1) is 21.5. The monoisotopic (exact) mass is 446 g/mol. The minimum Gasteiger partial charge on any atom is -0.321 e. The average molecular weight is 447 g/mol. The number of nitrogens with zero attached hydrogens (tertiary/aromatic N) is 5. The number of aryl methyl sites for hydroxylation is 2. The van der Waals surface area contributed by atoms with Crippen molar-refractivity contribution in [1.29, 1.82) is 0 Å². The number of rotatable bonds is 5. The number of aromatic nitrogens is 5. The Morgan fingerprint density at radius 3 is 2.58 bits per heavy atom. The summed E-state index contributed by atoms with van der Waals surface area (Å²) in [6, 6.07) is 12.1. The number of pyridine rings is 1. The van der Waals surface area contributed by atoms with Crippen molar-refractivity contribution in [3.8, 4) is 0 Å². The van der Waals surface area contributed by atoms with Crippen LogP contribution in [0.3, 0.4) is 0 Å². The van der Waals surface area contributed by atoms with Gasteiger partial charge in [-0.25, -0.2) is 9.07 Å². The number of benzene rings is 2. The molecule has 0 radical (unpaired) electrons. The van der Waals surface area contributed by atoms with Crippen molar-refractivity contribution < 1.29 is 4.39 Å². The number of likely N-dealkylation sites (tertiary alicyclic amines) is 1. The molecule has 8 heteroatoms. The molecule has 1 aliphatic heterocycles. The molecule has 2 aromatic heterocycles. The average Bonchev–Trinajstić information content (AvgIpc) is 3.27. The Bertz CT molecular complexity index is 1340. The molecule has 0 bridgehead atoms. The van der Waals surface area contributed by atoms with E-state index in [1.165, 1.54) is 18.6 Å². The molecule has 1 saturated heterocycles. The second kappa shape index (κ2) is 8.86. The van der Waals surface area contributed by atoms with Gasteiger partial charge in [-0.15, -0.1) is 5.10 Å². The van der Waals surface area contributed by atoms with Crippen LogP contribution in [-0.2, 0) is 6.54 Å². The Kier molecular flexibility index (Phi) is 5.76. The van der Waals surface area contributed by atoms with Gasteiger partial charge in [0.1, 0.15) is 11.9 Å². The predicted molar refractivity (Wildman–Crippen MR) is 125 cm³/mol. The molecule has 0 aliphatic carbocycles. The first-order valence-corrected chi connectivity index (χ1v) is 11.4. The smallest absolute Gasteiger partial charge is 0.253 e. The quantitative estimate of drug-likeness (QED) is 0.503. The summed E-state index contributed by atoms with van der Waals surface area (Å²) < 4.78 is 15.1. The molecule has 3 heterocycles. The molecule has 0 spiro atoms. The van der Waals surface area contributed by atoms with E-state index < -0.39 is 0 Å². The first-order valence-electron chi connectivity index (χ1n) is 11.4. The van der Waals surface area contributed by atoms with Gasteiger partial charge in [0.25, 0.3) is 5.56 Å². The van der Waals surface area contributed by atoms with Gasteiger partial charge in [-0.2, -0.15) is 0 Å². The predicted octanol–water partition coefficient (Wildman–Crippen LogP) is 3.89. The molecule has 0 unspecified atom stereocenters.